The summed E-state index contributed by atoms with van der Waals surface area (Å²) in [5.74, 6) is 1.85. The average Bonchev–Trinajstić information content (AvgIpc) is 2.89. The lowest BCUT2D eigenvalue weighted by Gasteiger charge is -2.55. The SMILES string of the molecule is CC(C)C1=C(c2ccc(C(C)C)cc2)C(C(C)C)(P(C2CCCCC2)C2CCCCC2)CC=C1.CS(=O)(=O)O. The quantitative estimate of drug-likeness (QED) is 0.260. The zero-order valence-electron chi connectivity index (χ0n) is 25.7. The second-order valence-electron chi connectivity index (χ2n) is 13.2. The van der Waals surface area contributed by atoms with Gasteiger partial charge in [-0.25, -0.2) is 0 Å². The molecular weight excluding hydrogens is 519 g/mol. The molecule has 2 fully saturated rings. The molecule has 220 valence electrons. The van der Waals surface area contributed by atoms with Gasteiger partial charge in [0.2, 0.25) is 0 Å². The Morgan fingerprint density at radius 2 is 1.26 bits per heavy atom. The van der Waals surface area contributed by atoms with Gasteiger partial charge in [-0.05, 0) is 83.4 Å². The maximum atomic E-state index is 9.19. The Morgan fingerprint density at radius 1 is 0.795 bits per heavy atom. The smallest absolute Gasteiger partial charge is 0.261 e. The van der Waals surface area contributed by atoms with Gasteiger partial charge in [0.1, 0.15) is 0 Å². The van der Waals surface area contributed by atoms with Gasteiger partial charge in [0.05, 0.1) is 6.26 Å². The minimum Gasteiger partial charge on any atom is -0.286 e. The van der Waals surface area contributed by atoms with Crippen LogP contribution in [0.25, 0.3) is 5.57 Å². The van der Waals surface area contributed by atoms with Crippen LogP contribution in [0, 0.1) is 11.8 Å². The van der Waals surface area contributed by atoms with Gasteiger partial charge >= 0.3 is 0 Å². The first-order valence-electron chi connectivity index (χ1n) is 15.6. The summed E-state index contributed by atoms with van der Waals surface area (Å²) in [6, 6.07) is 9.85. The minimum atomic E-state index is -3.67. The molecule has 1 aromatic carbocycles. The maximum absolute atomic E-state index is 9.19. The predicted molar refractivity (Wildman–Crippen MR) is 172 cm³/mol. The van der Waals surface area contributed by atoms with Crippen LogP contribution < -0.4 is 0 Å². The maximum Gasteiger partial charge on any atom is 0.261 e. The summed E-state index contributed by atoms with van der Waals surface area (Å²) in [5.41, 5.74) is 8.34. The lowest BCUT2D eigenvalue weighted by molar-refractivity contribution is 0.449. The van der Waals surface area contributed by atoms with Gasteiger partial charge < -0.3 is 0 Å². The van der Waals surface area contributed by atoms with Crippen molar-refractivity contribution in [2.45, 2.75) is 135 Å². The van der Waals surface area contributed by atoms with Crippen molar-refractivity contribution in [3.63, 3.8) is 0 Å². The van der Waals surface area contributed by atoms with Crippen LogP contribution in [-0.2, 0) is 10.1 Å². The van der Waals surface area contributed by atoms with Crippen molar-refractivity contribution in [1.82, 2.24) is 0 Å². The molecule has 5 heteroatoms. The van der Waals surface area contributed by atoms with E-state index in [9.17, 15) is 8.42 Å². The number of hydrogen-bond acceptors (Lipinski definition) is 2. The van der Waals surface area contributed by atoms with Gasteiger partial charge in [0.15, 0.2) is 0 Å². The summed E-state index contributed by atoms with van der Waals surface area (Å²) in [6.07, 6.45) is 21.9. The Balaban J connectivity index is 0.000000771. The molecule has 0 saturated heterocycles. The van der Waals surface area contributed by atoms with Crippen molar-refractivity contribution in [3.8, 4) is 0 Å². The molecule has 2 saturated carbocycles. The summed E-state index contributed by atoms with van der Waals surface area (Å²) >= 11 is 0. The van der Waals surface area contributed by atoms with Crippen LogP contribution in [0.3, 0.4) is 0 Å². The summed E-state index contributed by atoms with van der Waals surface area (Å²) < 4.78 is 25.9. The Morgan fingerprint density at radius 3 is 1.64 bits per heavy atom. The predicted octanol–water partition coefficient (Wildman–Crippen LogP) is 10.2. The second-order valence-corrected chi connectivity index (χ2v) is 17.7. The Bertz CT molecular complexity index is 1050. The minimum absolute atomic E-state index is 0.0824. The van der Waals surface area contributed by atoms with Crippen LogP contribution in [-0.4, -0.2) is 35.7 Å². The molecule has 0 amide bonds. The zero-order valence-corrected chi connectivity index (χ0v) is 27.5. The molecule has 39 heavy (non-hydrogen) atoms. The number of benzene rings is 1. The number of allylic oxidation sites excluding steroid dienone is 4. The third kappa shape index (κ3) is 8.30. The van der Waals surface area contributed by atoms with Crippen LogP contribution in [0.1, 0.15) is 129 Å². The summed E-state index contributed by atoms with van der Waals surface area (Å²) in [4.78, 5) is 0. The summed E-state index contributed by atoms with van der Waals surface area (Å²) in [6.45, 7) is 14.7. The van der Waals surface area contributed by atoms with E-state index in [1.165, 1.54) is 81.8 Å². The molecule has 1 N–H and O–H groups in total. The standard InChI is InChI=1S/C33H51P.CH4O3S/c1-24(2)27-19-21-28(22-20-27)32-31(25(3)4)18-13-23-33(32,26(5)6)34(29-14-9-7-10-15-29)30-16-11-8-12-17-30;1-5(2,3)4/h13,18-22,24-26,29-30H,7-12,14-17,23H2,1-6H3;1H3,(H,2,3,4). The second kappa shape index (κ2) is 14.3. The molecule has 0 aliphatic heterocycles. The van der Waals surface area contributed by atoms with E-state index in [-0.39, 0.29) is 7.92 Å². The van der Waals surface area contributed by atoms with Crippen molar-refractivity contribution < 1.29 is 13.0 Å². The zero-order chi connectivity index (χ0) is 28.8. The topological polar surface area (TPSA) is 54.4 Å². The fourth-order valence-corrected chi connectivity index (χ4v) is 12.6. The van der Waals surface area contributed by atoms with Crippen molar-refractivity contribution >= 4 is 23.6 Å². The fraction of sp³-hybridized carbons (Fsp3) is 0.706. The first-order chi connectivity index (χ1) is 18.4. The lowest BCUT2D eigenvalue weighted by atomic mass is 9.73. The molecule has 0 aromatic heterocycles. The Labute approximate surface area is 241 Å². The molecule has 0 radical (unpaired) electrons. The van der Waals surface area contributed by atoms with E-state index in [0.717, 1.165) is 11.3 Å². The van der Waals surface area contributed by atoms with Crippen LogP contribution in [0.2, 0.25) is 0 Å². The summed E-state index contributed by atoms with van der Waals surface area (Å²) in [7, 11) is -3.75. The fourth-order valence-electron chi connectivity index (χ4n) is 7.46. The van der Waals surface area contributed by atoms with E-state index in [1.54, 1.807) is 11.1 Å². The molecule has 0 spiro atoms. The molecule has 0 heterocycles. The molecule has 1 aromatic rings. The van der Waals surface area contributed by atoms with Gasteiger partial charge in [-0.15, -0.1) is 0 Å². The normalized spacial score (nSPS) is 23.6. The van der Waals surface area contributed by atoms with Gasteiger partial charge in [0.25, 0.3) is 10.1 Å². The van der Waals surface area contributed by atoms with Gasteiger partial charge in [-0.1, -0.05) is 124 Å². The molecular formula is C34H55O3PS. The highest BCUT2D eigenvalue weighted by Gasteiger charge is 2.51. The van der Waals surface area contributed by atoms with Crippen molar-refractivity contribution in [2.75, 3.05) is 6.26 Å². The van der Waals surface area contributed by atoms with E-state index < -0.39 is 10.1 Å². The molecule has 3 aliphatic carbocycles. The molecule has 3 nitrogen and oxygen atoms in total. The van der Waals surface area contributed by atoms with E-state index in [2.05, 4.69) is 78.0 Å². The Hall–Kier alpha value is -0.960. The first-order valence-corrected chi connectivity index (χ1v) is 18.9. The largest absolute Gasteiger partial charge is 0.286 e. The first kappa shape index (κ1) is 32.6. The average molecular weight is 575 g/mol. The molecule has 1 atom stereocenters. The van der Waals surface area contributed by atoms with Gasteiger partial charge in [-0.3, -0.25) is 4.55 Å². The van der Waals surface area contributed by atoms with E-state index in [1.807, 2.05) is 0 Å². The van der Waals surface area contributed by atoms with Gasteiger partial charge in [-0.2, -0.15) is 8.42 Å². The van der Waals surface area contributed by atoms with Gasteiger partial charge in [0, 0.05) is 5.16 Å². The lowest BCUT2D eigenvalue weighted by Crippen LogP contribution is -2.43. The highest BCUT2D eigenvalue weighted by molar-refractivity contribution is 7.85. The van der Waals surface area contributed by atoms with Crippen LogP contribution in [0.4, 0.5) is 0 Å². The van der Waals surface area contributed by atoms with Crippen molar-refractivity contribution in [3.05, 3.63) is 53.1 Å². The van der Waals surface area contributed by atoms with E-state index in [4.69, 9.17) is 4.55 Å². The number of rotatable bonds is 7. The van der Waals surface area contributed by atoms with Crippen molar-refractivity contribution in [2.24, 2.45) is 11.8 Å². The molecule has 3 aliphatic rings. The van der Waals surface area contributed by atoms with E-state index in [0.29, 0.717) is 29.2 Å². The number of hydrogen-bond donors (Lipinski definition) is 1. The van der Waals surface area contributed by atoms with Crippen molar-refractivity contribution in [1.29, 1.82) is 0 Å². The highest BCUT2D eigenvalue weighted by Crippen LogP contribution is 2.72. The Kier molecular flexibility index (Phi) is 11.9. The van der Waals surface area contributed by atoms with Crippen LogP contribution in [0.5, 0.6) is 0 Å². The molecule has 1 unspecified atom stereocenters. The summed E-state index contributed by atoms with van der Waals surface area (Å²) in [5, 5.41) is 0.326. The highest BCUT2D eigenvalue weighted by atomic mass is 32.2. The third-order valence-corrected chi connectivity index (χ3v) is 13.7. The van der Waals surface area contributed by atoms with Crippen LogP contribution >= 0.6 is 7.92 Å². The third-order valence-electron chi connectivity index (χ3n) is 9.29. The monoisotopic (exact) mass is 574 g/mol. The molecule has 4 rings (SSSR count). The molecule has 0 bridgehead atoms. The van der Waals surface area contributed by atoms with E-state index >= 15 is 0 Å². The van der Waals surface area contributed by atoms with Crippen LogP contribution in [0.15, 0.2) is 42.0 Å².